The molecule has 0 radical (unpaired) electrons. The molecule has 0 unspecified atom stereocenters. The summed E-state index contributed by atoms with van der Waals surface area (Å²) in [5, 5.41) is 0. The molecular formula is C23H25F3N2O4S. The van der Waals surface area contributed by atoms with Crippen molar-refractivity contribution in [3.8, 4) is 11.1 Å². The zero-order valence-corrected chi connectivity index (χ0v) is 19.0. The Morgan fingerprint density at radius 2 is 1.88 bits per heavy atom. The van der Waals surface area contributed by atoms with Crippen LogP contribution in [0.2, 0.25) is 0 Å². The Labute approximate surface area is 190 Å². The van der Waals surface area contributed by atoms with Gasteiger partial charge in [-0.3, -0.25) is 4.79 Å². The molecule has 1 N–H and O–H groups in total. The number of benzene rings is 2. The van der Waals surface area contributed by atoms with Crippen LogP contribution in [0, 0.1) is 17.6 Å². The molecule has 178 valence electrons. The third kappa shape index (κ3) is 4.51. The standard InChI is InChI=1S/C23H25F3N2O4S/c1-32-13-19(27-33(2,30)31)20-10-11-28(20)22(29)16-12-23(16,26)15-7-4-3-6-14(15)21-17(24)8-5-9-18(21)25/h3-9,16,19-20,27H,10-13H2,1-2H3/t16-,19-,20-,23+/m0/s1. The van der Waals surface area contributed by atoms with Crippen molar-refractivity contribution in [1.82, 2.24) is 9.62 Å². The fourth-order valence-electron chi connectivity index (χ4n) is 4.62. The van der Waals surface area contributed by atoms with Gasteiger partial charge in [0.2, 0.25) is 15.9 Å². The molecular weight excluding hydrogens is 457 g/mol. The molecule has 4 atom stereocenters. The van der Waals surface area contributed by atoms with Crippen LogP contribution in [0.1, 0.15) is 18.4 Å². The van der Waals surface area contributed by atoms with E-state index in [1.807, 2.05) is 0 Å². The van der Waals surface area contributed by atoms with Crippen LogP contribution in [0.25, 0.3) is 11.1 Å². The molecule has 0 aromatic heterocycles. The van der Waals surface area contributed by atoms with Gasteiger partial charge in [0.25, 0.3) is 0 Å². The molecule has 2 aromatic rings. The third-order valence-corrected chi connectivity index (χ3v) is 7.05. The van der Waals surface area contributed by atoms with Crippen LogP contribution in [0.15, 0.2) is 42.5 Å². The Morgan fingerprint density at radius 1 is 1.21 bits per heavy atom. The highest BCUT2D eigenvalue weighted by Gasteiger charge is 2.63. The highest BCUT2D eigenvalue weighted by atomic mass is 32.2. The Balaban J connectivity index is 1.58. The van der Waals surface area contributed by atoms with Crippen LogP contribution in [0.5, 0.6) is 0 Å². The van der Waals surface area contributed by atoms with Crippen molar-refractivity contribution in [3.63, 3.8) is 0 Å². The fraction of sp³-hybridized carbons (Fsp3) is 0.435. The van der Waals surface area contributed by atoms with Crippen LogP contribution in [0.3, 0.4) is 0 Å². The molecule has 4 rings (SSSR count). The van der Waals surface area contributed by atoms with E-state index in [0.29, 0.717) is 13.0 Å². The number of rotatable bonds is 8. The molecule has 1 aliphatic carbocycles. The molecule has 33 heavy (non-hydrogen) atoms. The van der Waals surface area contributed by atoms with E-state index in [1.165, 1.54) is 30.2 Å². The zero-order chi connectivity index (χ0) is 24.0. The predicted molar refractivity (Wildman–Crippen MR) is 116 cm³/mol. The quantitative estimate of drug-likeness (QED) is 0.628. The lowest BCUT2D eigenvalue weighted by atomic mass is 9.92. The van der Waals surface area contributed by atoms with Gasteiger partial charge in [-0.2, -0.15) is 0 Å². The number of ether oxygens (including phenoxy) is 1. The average Bonchev–Trinajstić information content (AvgIpc) is 3.39. The fourth-order valence-corrected chi connectivity index (χ4v) is 5.39. The van der Waals surface area contributed by atoms with Gasteiger partial charge < -0.3 is 9.64 Å². The van der Waals surface area contributed by atoms with Crippen LogP contribution in [-0.2, 0) is 25.2 Å². The lowest BCUT2D eigenvalue weighted by molar-refractivity contribution is -0.143. The summed E-state index contributed by atoms with van der Waals surface area (Å²) in [6.45, 7) is 0.424. The van der Waals surface area contributed by atoms with Gasteiger partial charge in [-0.1, -0.05) is 30.3 Å². The van der Waals surface area contributed by atoms with Gasteiger partial charge in [0.05, 0.1) is 36.4 Å². The second-order valence-electron chi connectivity index (χ2n) is 8.60. The number of sulfonamides is 1. The number of hydrogen-bond acceptors (Lipinski definition) is 4. The van der Waals surface area contributed by atoms with E-state index < -0.39 is 51.2 Å². The van der Waals surface area contributed by atoms with E-state index >= 15 is 4.39 Å². The van der Waals surface area contributed by atoms with Crippen LogP contribution >= 0.6 is 0 Å². The van der Waals surface area contributed by atoms with Crippen LogP contribution in [0.4, 0.5) is 13.2 Å². The first-order valence-corrected chi connectivity index (χ1v) is 12.5. The summed E-state index contributed by atoms with van der Waals surface area (Å²) in [5.41, 5.74) is -2.26. The van der Waals surface area contributed by atoms with E-state index in [2.05, 4.69) is 4.72 Å². The summed E-state index contributed by atoms with van der Waals surface area (Å²) in [6, 6.07) is 8.33. The van der Waals surface area contributed by atoms with E-state index in [0.717, 1.165) is 18.4 Å². The Bertz CT molecular complexity index is 1160. The first kappa shape index (κ1) is 23.7. The molecule has 1 heterocycles. The largest absolute Gasteiger partial charge is 0.383 e. The van der Waals surface area contributed by atoms with E-state index in [1.54, 1.807) is 12.1 Å². The van der Waals surface area contributed by atoms with Gasteiger partial charge in [-0.15, -0.1) is 0 Å². The minimum Gasteiger partial charge on any atom is -0.383 e. The number of carbonyl (C=O) groups excluding carboxylic acids is 1. The minimum absolute atomic E-state index is 0.0579. The maximum atomic E-state index is 16.0. The third-order valence-electron chi connectivity index (χ3n) is 6.32. The van der Waals surface area contributed by atoms with Gasteiger partial charge >= 0.3 is 0 Å². The monoisotopic (exact) mass is 482 g/mol. The topological polar surface area (TPSA) is 75.7 Å². The number of carbonyl (C=O) groups is 1. The molecule has 2 aliphatic rings. The number of likely N-dealkylation sites (tertiary alicyclic amines) is 1. The second-order valence-corrected chi connectivity index (χ2v) is 10.4. The Hall–Kier alpha value is -2.43. The summed E-state index contributed by atoms with van der Waals surface area (Å²) >= 11 is 0. The number of methoxy groups -OCH3 is 1. The van der Waals surface area contributed by atoms with Gasteiger partial charge in [0, 0.05) is 20.1 Å². The van der Waals surface area contributed by atoms with Crippen molar-refractivity contribution in [2.75, 3.05) is 26.5 Å². The number of nitrogens with zero attached hydrogens (tertiary/aromatic N) is 1. The van der Waals surface area contributed by atoms with Crippen LogP contribution < -0.4 is 4.72 Å². The number of halogens is 3. The average molecular weight is 483 g/mol. The SMILES string of the molecule is COC[C@H](NS(C)(=O)=O)[C@@H]1CCN1C(=O)[C@@H]1C[C@@]1(F)c1ccccc1-c1c(F)cccc1F. The highest BCUT2D eigenvalue weighted by molar-refractivity contribution is 7.88. The highest BCUT2D eigenvalue weighted by Crippen LogP contribution is 2.59. The van der Waals surface area contributed by atoms with Gasteiger partial charge in [-0.25, -0.2) is 26.3 Å². The molecule has 10 heteroatoms. The molecule has 6 nitrogen and oxygen atoms in total. The first-order chi connectivity index (χ1) is 15.6. The molecule has 1 saturated heterocycles. The summed E-state index contributed by atoms with van der Waals surface area (Å²) in [7, 11) is -2.12. The van der Waals surface area contributed by atoms with Crippen molar-refractivity contribution in [1.29, 1.82) is 0 Å². The summed E-state index contributed by atoms with van der Waals surface area (Å²) in [5.74, 6) is -3.09. The molecule has 0 spiro atoms. The van der Waals surface area contributed by atoms with Crippen molar-refractivity contribution in [3.05, 3.63) is 59.7 Å². The smallest absolute Gasteiger partial charge is 0.229 e. The predicted octanol–water partition coefficient (Wildman–Crippen LogP) is 2.98. The second kappa shape index (κ2) is 8.73. The van der Waals surface area contributed by atoms with Crippen molar-refractivity contribution < 1.29 is 31.1 Å². The molecule has 1 aliphatic heterocycles. The molecule has 1 amide bonds. The van der Waals surface area contributed by atoms with E-state index in [9.17, 15) is 22.0 Å². The van der Waals surface area contributed by atoms with E-state index in [-0.39, 0.29) is 29.7 Å². The van der Waals surface area contributed by atoms with Gasteiger partial charge in [0.1, 0.15) is 17.3 Å². The number of amides is 1. The number of hydrogen-bond donors (Lipinski definition) is 1. The van der Waals surface area contributed by atoms with Crippen molar-refractivity contribution in [2.45, 2.75) is 30.6 Å². The Morgan fingerprint density at radius 3 is 2.45 bits per heavy atom. The van der Waals surface area contributed by atoms with Gasteiger partial charge in [-0.05, 0) is 29.7 Å². The summed E-state index contributed by atoms with van der Waals surface area (Å²) in [4.78, 5) is 14.6. The first-order valence-electron chi connectivity index (χ1n) is 10.6. The normalized spacial score (nSPS) is 25.4. The van der Waals surface area contributed by atoms with Crippen LogP contribution in [-0.4, -0.2) is 57.8 Å². The molecule has 0 bridgehead atoms. The van der Waals surface area contributed by atoms with Crippen molar-refractivity contribution >= 4 is 15.9 Å². The van der Waals surface area contributed by atoms with E-state index in [4.69, 9.17) is 4.74 Å². The minimum atomic E-state index is -3.54. The maximum absolute atomic E-state index is 16.0. The molecule has 1 saturated carbocycles. The lowest BCUT2D eigenvalue weighted by Gasteiger charge is -2.45. The lowest BCUT2D eigenvalue weighted by Crippen LogP contribution is -2.62. The zero-order valence-electron chi connectivity index (χ0n) is 18.2. The summed E-state index contributed by atoms with van der Waals surface area (Å²) < 4.78 is 75.8. The van der Waals surface area contributed by atoms with Crippen molar-refractivity contribution in [2.24, 2.45) is 5.92 Å². The number of alkyl halides is 1. The molecule has 2 aromatic carbocycles. The maximum Gasteiger partial charge on any atom is 0.229 e. The summed E-state index contributed by atoms with van der Waals surface area (Å²) in [6.07, 6.45) is 1.45. The van der Waals surface area contributed by atoms with Gasteiger partial charge in [0.15, 0.2) is 0 Å². The Kier molecular flexibility index (Phi) is 6.28. The number of nitrogens with one attached hydrogen (secondary N) is 1. The molecule has 2 fully saturated rings.